The minimum atomic E-state index is -3.59. The Morgan fingerprint density at radius 1 is 1.29 bits per heavy atom. The molecule has 3 N–H and O–H groups in total. The maximum absolute atomic E-state index is 12.0. The Bertz CT molecular complexity index is 718. The molecule has 0 saturated carbocycles. The third kappa shape index (κ3) is 4.53. The molecule has 1 aromatic carbocycles. The lowest BCUT2D eigenvalue weighted by Crippen LogP contribution is -2.38. The van der Waals surface area contributed by atoms with Gasteiger partial charge in [-0.15, -0.1) is 0 Å². The zero-order chi connectivity index (χ0) is 17.6. The molecule has 0 aromatic heterocycles. The molecule has 0 spiro atoms. The van der Waals surface area contributed by atoms with E-state index in [-0.39, 0.29) is 16.6 Å². The van der Waals surface area contributed by atoms with Crippen molar-refractivity contribution < 1.29 is 17.9 Å². The van der Waals surface area contributed by atoms with Crippen molar-refractivity contribution in [3.05, 3.63) is 29.8 Å². The van der Waals surface area contributed by atoms with Gasteiger partial charge < -0.3 is 15.4 Å². The van der Waals surface area contributed by atoms with Crippen LogP contribution in [0.5, 0.6) is 0 Å². The van der Waals surface area contributed by atoms with Crippen LogP contribution in [0.2, 0.25) is 0 Å². The number of hydrogen-bond acceptors (Lipinski definition) is 6. The van der Waals surface area contributed by atoms with Gasteiger partial charge in [-0.2, -0.15) is 0 Å². The molecule has 9 heteroatoms. The van der Waals surface area contributed by atoms with Crippen LogP contribution in [0.1, 0.15) is 12.5 Å². The van der Waals surface area contributed by atoms with Crippen molar-refractivity contribution in [1.29, 1.82) is 0 Å². The Labute approximate surface area is 141 Å². The van der Waals surface area contributed by atoms with Gasteiger partial charge in [0, 0.05) is 32.3 Å². The molecule has 1 aliphatic rings. The first-order valence-electron chi connectivity index (χ1n) is 7.63. The van der Waals surface area contributed by atoms with Gasteiger partial charge in [0.25, 0.3) is 10.0 Å². The van der Waals surface area contributed by atoms with Gasteiger partial charge in [0.05, 0.1) is 11.5 Å². The van der Waals surface area contributed by atoms with Gasteiger partial charge >= 0.3 is 0 Å². The fourth-order valence-corrected chi connectivity index (χ4v) is 3.44. The van der Waals surface area contributed by atoms with E-state index in [1.54, 1.807) is 32.2 Å². The first-order valence-corrected chi connectivity index (χ1v) is 9.11. The number of amidine groups is 1. The van der Waals surface area contributed by atoms with Gasteiger partial charge in [0.1, 0.15) is 11.9 Å². The third-order valence-corrected chi connectivity index (χ3v) is 4.85. The first kappa shape index (κ1) is 18.4. The number of nitrogens with one attached hydrogen (secondary N) is 3. The second kappa shape index (κ2) is 8.22. The number of aliphatic imine (C=N–C) groups is 1. The Hall–Kier alpha value is -1.97. The molecule has 24 heavy (non-hydrogen) atoms. The van der Waals surface area contributed by atoms with Crippen LogP contribution in [0, 0.1) is 0 Å². The Morgan fingerprint density at radius 3 is 2.79 bits per heavy atom. The second-order valence-electron chi connectivity index (χ2n) is 5.29. The molecular formula is C15H22N4O4S. The molecule has 0 bridgehead atoms. The number of amides is 1. The van der Waals surface area contributed by atoms with E-state index in [0.29, 0.717) is 31.8 Å². The van der Waals surface area contributed by atoms with Crippen LogP contribution < -0.4 is 15.4 Å². The zero-order valence-electron chi connectivity index (χ0n) is 13.7. The van der Waals surface area contributed by atoms with E-state index in [2.05, 4.69) is 20.3 Å². The highest BCUT2D eigenvalue weighted by atomic mass is 32.2. The molecular weight excluding hydrogens is 332 g/mol. The number of carbonyl (C=O) groups excluding carboxylic acids is 1. The number of ether oxygens (including phenoxy) is 1. The summed E-state index contributed by atoms with van der Waals surface area (Å²) in [6.45, 7) is 4.02. The Kier molecular flexibility index (Phi) is 6.29. The number of hydrogen-bond donors (Lipinski definition) is 3. The summed E-state index contributed by atoms with van der Waals surface area (Å²) in [4.78, 5) is 16.4. The summed E-state index contributed by atoms with van der Waals surface area (Å²) >= 11 is 0. The van der Waals surface area contributed by atoms with Crippen LogP contribution in [-0.4, -0.2) is 59.6 Å². The van der Waals surface area contributed by atoms with Crippen LogP contribution in [0.3, 0.4) is 0 Å². The molecule has 1 atom stereocenters. The van der Waals surface area contributed by atoms with E-state index in [1.165, 1.54) is 6.07 Å². The van der Waals surface area contributed by atoms with E-state index >= 15 is 0 Å². The van der Waals surface area contributed by atoms with Crippen molar-refractivity contribution in [2.75, 3.05) is 33.4 Å². The average molecular weight is 354 g/mol. The Morgan fingerprint density at radius 2 is 2.04 bits per heavy atom. The molecule has 8 nitrogen and oxygen atoms in total. The predicted octanol–water partition coefficient (Wildman–Crippen LogP) is -0.534. The standard InChI is InChI=1S/C15H22N4O4S/c1-11(15(20)17-8-7-16-9-10-23-2)18-14-12-5-3-4-6-13(12)24(21,22)19-14/h3-6,11,16H,7-10H2,1-2H3,(H,17,20)(H,18,19). The maximum Gasteiger partial charge on any atom is 0.263 e. The summed E-state index contributed by atoms with van der Waals surface area (Å²) in [5, 5.41) is 5.86. The topological polar surface area (TPSA) is 109 Å². The number of benzene rings is 1. The molecule has 0 saturated heterocycles. The first-order chi connectivity index (χ1) is 11.5. The zero-order valence-corrected chi connectivity index (χ0v) is 14.5. The van der Waals surface area contributed by atoms with Crippen molar-refractivity contribution >= 4 is 21.8 Å². The average Bonchev–Trinajstić information content (AvgIpc) is 2.81. The fourth-order valence-electron chi connectivity index (χ4n) is 2.20. The summed E-state index contributed by atoms with van der Waals surface area (Å²) < 4.78 is 31.3. The lowest BCUT2D eigenvalue weighted by Gasteiger charge is -2.10. The second-order valence-corrected chi connectivity index (χ2v) is 6.94. The number of methoxy groups -OCH3 is 1. The van der Waals surface area contributed by atoms with Gasteiger partial charge in [-0.05, 0) is 19.1 Å². The van der Waals surface area contributed by atoms with Crippen molar-refractivity contribution in [3.8, 4) is 0 Å². The largest absolute Gasteiger partial charge is 0.383 e. The number of rotatable bonds is 8. The lowest BCUT2D eigenvalue weighted by molar-refractivity contribution is -0.121. The van der Waals surface area contributed by atoms with Crippen LogP contribution in [0.4, 0.5) is 0 Å². The van der Waals surface area contributed by atoms with Gasteiger partial charge in [-0.1, -0.05) is 12.1 Å². The number of fused-ring (bicyclic) bond motifs is 1. The summed E-state index contributed by atoms with van der Waals surface area (Å²) in [5.41, 5.74) is 0.485. The SMILES string of the molecule is COCCNCCNC(=O)C(C)N=C1NS(=O)(=O)c2ccccc21. The van der Waals surface area contributed by atoms with Crippen molar-refractivity contribution in [3.63, 3.8) is 0 Å². The molecule has 0 fully saturated rings. The van der Waals surface area contributed by atoms with E-state index in [1.807, 2.05) is 0 Å². The van der Waals surface area contributed by atoms with E-state index in [4.69, 9.17) is 4.74 Å². The normalized spacial score (nSPS) is 18.0. The summed E-state index contributed by atoms with van der Waals surface area (Å²) in [5.74, 6) is -0.0638. The quantitative estimate of drug-likeness (QED) is 0.544. The van der Waals surface area contributed by atoms with Gasteiger partial charge in [0.15, 0.2) is 0 Å². The van der Waals surface area contributed by atoms with E-state index in [0.717, 1.165) is 0 Å². The molecule has 1 aromatic rings. The minimum absolute atomic E-state index is 0.179. The van der Waals surface area contributed by atoms with Crippen molar-refractivity contribution in [1.82, 2.24) is 15.4 Å². The van der Waals surface area contributed by atoms with Crippen molar-refractivity contribution in [2.45, 2.75) is 17.9 Å². The number of nitrogens with zero attached hydrogens (tertiary/aromatic N) is 1. The molecule has 0 radical (unpaired) electrons. The highest BCUT2D eigenvalue weighted by Gasteiger charge is 2.31. The summed E-state index contributed by atoms with van der Waals surface area (Å²) in [6.07, 6.45) is 0. The number of carbonyl (C=O) groups is 1. The molecule has 1 unspecified atom stereocenters. The monoisotopic (exact) mass is 354 g/mol. The Balaban J connectivity index is 1.93. The minimum Gasteiger partial charge on any atom is -0.383 e. The van der Waals surface area contributed by atoms with E-state index < -0.39 is 16.1 Å². The predicted molar refractivity (Wildman–Crippen MR) is 90.5 cm³/mol. The lowest BCUT2D eigenvalue weighted by atomic mass is 10.2. The van der Waals surface area contributed by atoms with E-state index in [9.17, 15) is 13.2 Å². The summed E-state index contributed by atoms with van der Waals surface area (Å²) in [7, 11) is -1.97. The highest BCUT2D eigenvalue weighted by molar-refractivity contribution is 7.90. The fraction of sp³-hybridized carbons (Fsp3) is 0.467. The maximum atomic E-state index is 12.0. The number of sulfonamides is 1. The van der Waals surface area contributed by atoms with Crippen LogP contribution >= 0.6 is 0 Å². The molecule has 132 valence electrons. The van der Waals surface area contributed by atoms with Gasteiger partial charge in [0.2, 0.25) is 5.91 Å². The summed E-state index contributed by atoms with van der Waals surface area (Å²) in [6, 6.07) is 5.85. The molecule has 0 aliphatic carbocycles. The van der Waals surface area contributed by atoms with Crippen molar-refractivity contribution in [2.24, 2.45) is 4.99 Å². The molecule has 2 rings (SSSR count). The van der Waals surface area contributed by atoms with Gasteiger partial charge in [-0.3, -0.25) is 14.5 Å². The third-order valence-electron chi connectivity index (χ3n) is 3.45. The molecule has 1 amide bonds. The highest BCUT2D eigenvalue weighted by Crippen LogP contribution is 2.22. The molecule has 1 heterocycles. The smallest absolute Gasteiger partial charge is 0.263 e. The van der Waals surface area contributed by atoms with Crippen LogP contribution in [0.25, 0.3) is 0 Å². The van der Waals surface area contributed by atoms with Gasteiger partial charge in [-0.25, -0.2) is 8.42 Å². The molecule has 1 aliphatic heterocycles. The van der Waals surface area contributed by atoms with Crippen LogP contribution in [-0.2, 0) is 19.6 Å². The van der Waals surface area contributed by atoms with Crippen LogP contribution in [0.15, 0.2) is 34.2 Å².